The molecule has 114 valence electrons. The van der Waals surface area contributed by atoms with Crippen LogP contribution in [0.1, 0.15) is 17.5 Å². The van der Waals surface area contributed by atoms with Gasteiger partial charge in [-0.3, -0.25) is 0 Å². The van der Waals surface area contributed by atoms with Gasteiger partial charge in [-0.1, -0.05) is 97.1 Å². The van der Waals surface area contributed by atoms with Crippen molar-refractivity contribution >= 4 is 11.1 Å². The fourth-order valence-electron chi connectivity index (χ4n) is 3.26. The monoisotopic (exact) mass is 342 g/mol. The molecule has 0 atom stereocenters. The molecule has 0 amide bonds. The van der Waals surface area contributed by atoms with E-state index in [1.165, 1.54) is 33.4 Å². The molecule has 0 fully saturated rings. The van der Waals surface area contributed by atoms with E-state index in [0.717, 1.165) is 6.42 Å². The maximum absolute atomic E-state index is 2.26. The zero-order chi connectivity index (χ0) is 15.5. The Balaban J connectivity index is 0.00000169. The normalized spacial score (nSPS) is 13.0. The van der Waals surface area contributed by atoms with E-state index in [1.807, 2.05) is 0 Å². The molecule has 0 saturated heterocycles. The summed E-state index contributed by atoms with van der Waals surface area (Å²) in [7, 11) is 0. The SMILES string of the molecule is C1=CC(c2ccccc2)=C(c2ccccc2-c2ccccc2)C1.[Ti]. The maximum Gasteiger partial charge on any atom is 0 e. The average Bonchev–Trinajstić information content (AvgIpc) is 3.13. The van der Waals surface area contributed by atoms with Crippen LogP contribution in [0.5, 0.6) is 0 Å². The fourth-order valence-corrected chi connectivity index (χ4v) is 3.26. The minimum absolute atomic E-state index is 0. The van der Waals surface area contributed by atoms with Gasteiger partial charge in [0.05, 0.1) is 0 Å². The third-order valence-corrected chi connectivity index (χ3v) is 4.35. The van der Waals surface area contributed by atoms with Gasteiger partial charge in [-0.2, -0.15) is 0 Å². The molecule has 1 aliphatic rings. The predicted molar refractivity (Wildman–Crippen MR) is 98.9 cm³/mol. The Bertz CT molecular complexity index is 874. The molecule has 3 aromatic carbocycles. The Morgan fingerprint density at radius 3 is 1.75 bits per heavy atom. The van der Waals surface area contributed by atoms with Crippen molar-refractivity contribution in [3.05, 3.63) is 108 Å². The standard InChI is InChI=1S/C23H18.Ti/c1-3-10-18(11-4-1)20-14-7-8-15-22(20)23-17-9-16-21(23)19-12-5-2-6-13-19;/h1-16H,17H2;. The number of hydrogen-bond donors (Lipinski definition) is 0. The Morgan fingerprint density at radius 1 is 0.542 bits per heavy atom. The van der Waals surface area contributed by atoms with Crippen LogP contribution in [-0.2, 0) is 21.7 Å². The molecule has 3 aromatic rings. The zero-order valence-corrected chi connectivity index (χ0v) is 15.0. The maximum atomic E-state index is 2.26. The molecule has 0 bridgehead atoms. The molecule has 1 aliphatic carbocycles. The molecule has 24 heavy (non-hydrogen) atoms. The second kappa shape index (κ2) is 7.62. The van der Waals surface area contributed by atoms with Crippen LogP contribution in [0.15, 0.2) is 97.1 Å². The van der Waals surface area contributed by atoms with Crippen molar-refractivity contribution in [1.82, 2.24) is 0 Å². The van der Waals surface area contributed by atoms with Crippen LogP contribution in [0.25, 0.3) is 22.3 Å². The zero-order valence-electron chi connectivity index (χ0n) is 13.4. The van der Waals surface area contributed by atoms with E-state index >= 15 is 0 Å². The summed E-state index contributed by atoms with van der Waals surface area (Å²) in [5.74, 6) is 0. The fraction of sp³-hybridized carbons (Fsp3) is 0.0435. The van der Waals surface area contributed by atoms with E-state index in [9.17, 15) is 0 Å². The summed E-state index contributed by atoms with van der Waals surface area (Å²) in [6.07, 6.45) is 5.51. The number of benzene rings is 3. The summed E-state index contributed by atoms with van der Waals surface area (Å²) in [5.41, 5.74) is 7.96. The Labute approximate surface area is 158 Å². The van der Waals surface area contributed by atoms with Crippen molar-refractivity contribution in [3.63, 3.8) is 0 Å². The Hall–Kier alpha value is -2.15. The first kappa shape index (κ1) is 16.7. The molecule has 0 nitrogen and oxygen atoms in total. The van der Waals surface area contributed by atoms with Crippen LogP contribution in [0.2, 0.25) is 0 Å². The van der Waals surface area contributed by atoms with Gasteiger partial charge in [0.1, 0.15) is 0 Å². The van der Waals surface area contributed by atoms with Crippen LogP contribution in [0, 0.1) is 0 Å². The molecule has 0 heterocycles. The summed E-state index contributed by atoms with van der Waals surface area (Å²) in [5, 5.41) is 0. The molecule has 4 rings (SSSR count). The van der Waals surface area contributed by atoms with Crippen molar-refractivity contribution in [1.29, 1.82) is 0 Å². The van der Waals surface area contributed by atoms with Crippen LogP contribution in [-0.4, -0.2) is 0 Å². The first-order chi connectivity index (χ1) is 11.4. The second-order valence-corrected chi connectivity index (χ2v) is 5.78. The number of rotatable bonds is 3. The molecular weight excluding hydrogens is 324 g/mol. The summed E-state index contributed by atoms with van der Waals surface area (Å²) < 4.78 is 0. The minimum atomic E-state index is 0. The summed E-state index contributed by atoms with van der Waals surface area (Å²) >= 11 is 0. The van der Waals surface area contributed by atoms with Crippen LogP contribution >= 0.6 is 0 Å². The second-order valence-electron chi connectivity index (χ2n) is 5.78. The van der Waals surface area contributed by atoms with Crippen LogP contribution < -0.4 is 0 Å². The first-order valence-electron chi connectivity index (χ1n) is 8.03. The van der Waals surface area contributed by atoms with Crippen molar-refractivity contribution in [2.24, 2.45) is 0 Å². The van der Waals surface area contributed by atoms with Gasteiger partial charge >= 0.3 is 0 Å². The molecule has 0 spiro atoms. The third-order valence-electron chi connectivity index (χ3n) is 4.35. The molecule has 0 N–H and O–H groups in total. The van der Waals surface area contributed by atoms with Gasteiger partial charge < -0.3 is 0 Å². The van der Waals surface area contributed by atoms with E-state index in [1.54, 1.807) is 0 Å². The topological polar surface area (TPSA) is 0 Å². The van der Waals surface area contributed by atoms with Gasteiger partial charge in [0, 0.05) is 21.7 Å². The summed E-state index contributed by atoms with van der Waals surface area (Å²) in [4.78, 5) is 0. The van der Waals surface area contributed by atoms with Crippen molar-refractivity contribution < 1.29 is 21.7 Å². The third kappa shape index (κ3) is 3.21. The van der Waals surface area contributed by atoms with Gasteiger partial charge in [0.25, 0.3) is 0 Å². The van der Waals surface area contributed by atoms with Crippen molar-refractivity contribution in [2.75, 3.05) is 0 Å². The Morgan fingerprint density at radius 2 is 1.08 bits per heavy atom. The summed E-state index contributed by atoms with van der Waals surface area (Å²) in [6.45, 7) is 0. The van der Waals surface area contributed by atoms with E-state index in [0.29, 0.717) is 0 Å². The van der Waals surface area contributed by atoms with Crippen molar-refractivity contribution in [3.8, 4) is 11.1 Å². The number of allylic oxidation sites excluding steroid dienone is 4. The van der Waals surface area contributed by atoms with Gasteiger partial charge in [-0.15, -0.1) is 0 Å². The largest absolute Gasteiger partial charge is 0.0795 e. The van der Waals surface area contributed by atoms with E-state index in [2.05, 4.69) is 97.1 Å². The van der Waals surface area contributed by atoms with E-state index in [-0.39, 0.29) is 21.7 Å². The minimum Gasteiger partial charge on any atom is -0.0795 e. The van der Waals surface area contributed by atoms with Gasteiger partial charge in [0.15, 0.2) is 0 Å². The number of hydrogen-bond acceptors (Lipinski definition) is 0. The van der Waals surface area contributed by atoms with Gasteiger partial charge in [0.2, 0.25) is 0 Å². The van der Waals surface area contributed by atoms with Crippen LogP contribution in [0.4, 0.5) is 0 Å². The quantitative estimate of drug-likeness (QED) is 0.496. The van der Waals surface area contributed by atoms with Crippen LogP contribution in [0.3, 0.4) is 0 Å². The Kier molecular flexibility index (Phi) is 5.30. The average molecular weight is 342 g/mol. The molecule has 0 aliphatic heterocycles. The summed E-state index contributed by atoms with van der Waals surface area (Å²) in [6, 6.07) is 30.0. The molecular formula is C23H18Ti. The smallest absolute Gasteiger partial charge is 0 e. The first-order valence-corrected chi connectivity index (χ1v) is 8.03. The van der Waals surface area contributed by atoms with E-state index in [4.69, 9.17) is 0 Å². The molecule has 0 aromatic heterocycles. The predicted octanol–water partition coefficient (Wildman–Crippen LogP) is 6.22. The molecule has 0 saturated carbocycles. The van der Waals surface area contributed by atoms with Crippen molar-refractivity contribution in [2.45, 2.75) is 6.42 Å². The van der Waals surface area contributed by atoms with Gasteiger partial charge in [-0.25, -0.2) is 0 Å². The molecule has 0 radical (unpaired) electrons. The van der Waals surface area contributed by atoms with E-state index < -0.39 is 0 Å². The molecule has 1 heteroatoms. The van der Waals surface area contributed by atoms with Gasteiger partial charge in [-0.05, 0) is 39.8 Å². The molecule has 0 unspecified atom stereocenters.